The van der Waals surface area contributed by atoms with E-state index in [1.54, 1.807) is 0 Å². The highest BCUT2D eigenvalue weighted by molar-refractivity contribution is 5.80. The van der Waals surface area contributed by atoms with E-state index in [-0.39, 0.29) is 12.0 Å². The van der Waals surface area contributed by atoms with Crippen LogP contribution in [0.5, 0.6) is 0 Å². The molecule has 102 valence electrons. The maximum absolute atomic E-state index is 13.4. The minimum Gasteiger partial charge on any atom is -0.368 e. The largest absolute Gasteiger partial charge is 0.368 e. The van der Waals surface area contributed by atoms with Gasteiger partial charge in [-0.05, 0) is 6.07 Å². The van der Waals surface area contributed by atoms with Crippen LogP contribution < -0.4 is 11.5 Å². The smallest absolute Gasteiger partial charge is 0.311 e. The number of nitro benzene ring substituents is 2. The molecule has 0 saturated carbocycles. The SMILES string of the molecule is NC(=O)[C@@H](N)Cc1cc(F)c([N+](=O)[O-])cc1[N+](=O)[O-]. The minimum atomic E-state index is -1.25. The van der Waals surface area contributed by atoms with Crippen LogP contribution in [0.1, 0.15) is 5.56 Å². The Kier molecular flexibility index (Phi) is 4.07. The van der Waals surface area contributed by atoms with Gasteiger partial charge in [-0.25, -0.2) is 0 Å². The number of halogens is 1. The Morgan fingerprint density at radius 2 is 1.79 bits per heavy atom. The molecule has 0 radical (unpaired) electrons. The van der Waals surface area contributed by atoms with E-state index < -0.39 is 39.0 Å². The Morgan fingerprint density at radius 3 is 2.21 bits per heavy atom. The number of benzene rings is 1. The third-order valence-electron chi connectivity index (χ3n) is 2.35. The minimum absolute atomic E-state index is 0.237. The second kappa shape index (κ2) is 5.35. The molecule has 4 N–H and O–H groups in total. The zero-order chi connectivity index (χ0) is 14.7. The third kappa shape index (κ3) is 3.19. The zero-order valence-corrected chi connectivity index (χ0v) is 9.41. The summed E-state index contributed by atoms with van der Waals surface area (Å²) >= 11 is 0. The van der Waals surface area contributed by atoms with Gasteiger partial charge in [0.05, 0.1) is 22.0 Å². The van der Waals surface area contributed by atoms with Gasteiger partial charge in [0.1, 0.15) is 0 Å². The van der Waals surface area contributed by atoms with E-state index in [2.05, 4.69) is 0 Å². The van der Waals surface area contributed by atoms with Crippen LogP contribution in [-0.4, -0.2) is 21.8 Å². The third-order valence-corrected chi connectivity index (χ3v) is 2.35. The average Bonchev–Trinajstić information content (AvgIpc) is 2.27. The van der Waals surface area contributed by atoms with E-state index in [1.807, 2.05) is 0 Å². The Morgan fingerprint density at radius 1 is 1.26 bits per heavy atom. The van der Waals surface area contributed by atoms with Gasteiger partial charge >= 0.3 is 5.69 Å². The van der Waals surface area contributed by atoms with Gasteiger partial charge in [0.2, 0.25) is 11.7 Å². The van der Waals surface area contributed by atoms with Crippen LogP contribution in [0.3, 0.4) is 0 Å². The van der Waals surface area contributed by atoms with E-state index in [0.717, 1.165) is 0 Å². The Hall–Kier alpha value is -2.62. The quantitative estimate of drug-likeness (QED) is 0.567. The van der Waals surface area contributed by atoms with Gasteiger partial charge in [0.25, 0.3) is 5.69 Å². The molecular weight excluding hydrogens is 263 g/mol. The molecule has 0 saturated heterocycles. The van der Waals surface area contributed by atoms with E-state index >= 15 is 0 Å². The molecule has 19 heavy (non-hydrogen) atoms. The first-order chi connectivity index (χ1) is 8.73. The van der Waals surface area contributed by atoms with E-state index in [4.69, 9.17) is 11.5 Å². The van der Waals surface area contributed by atoms with E-state index in [9.17, 15) is 29.4 Å². The second-order valence-electron chi connectivity index (χ2n) is 3.66. The molecule has 9 nitrogen and oxygen atoms in total. The molecule has 1 aromatic rings. The van der Waals surface area contributed by atoms with Crippen LogP contribution >= 0.6 is 0 Å². The number of nitrogens with two attached hydrogens (primary N) is 2. The summed E-state index contributed by atoms with van der Waals surface area (Å²) in [6.07, 6.45) is -0.388. The number of nitrogens with zero attached hydrogens (tertiary/aromatic N) is 2. The van der Waals surface area contributed by atoms with Crippen molar-refractivity contribution in [2.24, 2.45) is 11.5 Å². The summed E-state index contributed by atoms with van der Waals surface area (Å²) in [6, 6.07) is -0.156. The molecule has 1 rings (SSSR count). The highest BCUT2D eigenvalue weighted by Crippen LogP contribution is 2.28. The first-order valence-corrected chi connectivity index (χ1v) is 4.90. The summed E-state index contributed by atoms with van der Waals surface area (Å²) in [5.41, 5.74) is 8.25. The zero-order valence-electron chi connectivity index (χ0n) is 9.41. The van der Waals surface area contributed by atoms with Gasteiger partial charge in [-0.3, -0.25) is 25.0 Å². The lowest BCUT2D eigenvalue weighted by Crippen LogP contribution is -2.38. The highest BCUT2D eigenvalue weighted by Gasteiger charge is 2.26. The predicted octanol–water partition coefficient (Wildman–Crippen LogP) is -0.00280. The van der Waals surface area contributed by atoms with Crippen LogP contribution in [0.15, 0.2) is 12.1 Å². The number of primary amides is 1. The lowest BCUT2D eigenvalue weighted by Gasteiger charge is -2.08. The van der Waals surface area contributed by atoms with Crippen molar-refractivity contribution < 1.29 is 19.0 Å². The molecule has 0 aliphatic carbocycles. The monoisotopic (exact) mass is 272 g/mol. The predicted molar refractivity (Wildman–Crippen MR) is 60.6 cm³/mol. The van der Waals surface area contributed by atoms with Gasteiger partial charge < -0.3 is 11.5 Å². The van der Waals surface area contributed by atoms with Crippen LogP contribution in [-0.2, 0) is 11.2 Å². The molecule has 0 aliphatic rings. The molecule has 0 heterocycles. The Balaban J connectivity index is 3.31. The van der Waals surface area contributed by atoms with Crippen molar-refractivity contribution in [3.63, 3.8) is 0 Å². The van der Waals surface area contributed by atoms with Gasteiger partial charge in [-0.2, -0.15) is 4.39 Å². The number of nitro groups is 2. The van der Waals surface area contributed by atoms with Crippen molar-refractivity contribution >= 4 is 17.3 Å². The number of carbonyl (C=O) groups is 1. The fourth-order valence-corrected chi connectivity index (χ4v) is 1.40. The summed E-state index contributed by atoms with van der Waals surface area (Å²) in [7, 11) is 0. The average molecular weight is 272 g/mol. The molecule has 10 heteroatoms. The van der Waals surface area contributed by atoms with E-state index in [0.29, 0.717) is 12.1 Å². The van der Waals surface area contributed by atoms with Crippen molar-refractivity contribution in [1.82, 2.24) is 0 Å². The molecule has 0 spiro atoms. The highest BCUT2D eigenvalue weighted by atomic mass is 19.1. The summed E-state index contributed by atoms with van der Waals surface area (Å²) in [5, 5.41) is 21.2. The summed E-state index contributed by atoms with van der Waals surface area (Å²) in [4.78, 5) is 30.0. The summed E-state index contributed by atoms with van der Waals surface area (Å²) < 4.78 is 13.4. The topological polar surface area (TPSA) is 155 Å². The number of rotatable bonds is 5. The molecular formula is C9H9FN4O5. The van der Waals surface area contributed by atoms with Crippen LogP contribution in [0.2, 0.25) is 0 Å². The maximum Gasteiger partial charge on any atom is 0.311 e. The fourth-order valence-electron chi connectivity index (χ4n) is 1.40. The first kappa shape index (κ1) is 14.4. The van der Waals surface area contributed by atoms with Crippen molar-refractivity contribution in [3.05, 3.63) is 43.7 Å². The molecule has 1 aromatic carbocycles. The molecule has 0 aliphatic heterocycles. The van der Waals surface area contributed by atoms with Crippen molar-refractivity contribution in [1.29, 1.82) is 0 Å². The van der Waals surface area contributed by atoms with Crippen molar-refractivity contribution in [3.8, 4) is 0 Å². The van der Waals surface area contributed by atoms with Gasteiger partial charge in [0.15, 0.2) is 0 Å². The van der Waals surface area contributed by atoms with Crippen molar-refractivity contribution in [2.45, 2.75) is 12.5 Å². The van der Waals surface area contributed by atoms with Crippen LogP contribution in [0.4, 0.5) is 15.8 Å². The number of carbonyl (C=O) groups excluding carboxylic acids is 1. The lowest BCUT2D eigenvalue weighted by molar-refractivity contribution is -0.396. The Labute approximate surface area is 105 Å². The van der Waals surface area contributed by atoms with Gasteiger partial charge in [-0.1, -0.05) is 0 Å². The number of amides is 1. The molecule has 0 fully saturated rings. The molecule has 0 unspecified atom stereocenters. The fraction of sp³-hybridized carbons (Fsp3) is 0.222. The second-order valence-corrected chi connectivity index (χ2v) is 3.66. The summed E-state index contributed by atoms with van der Waals surface area (Å²) in [6.45, 7) is 0. The van der Waals surface area contributed by atoms with Crippen LogP contribution in [0, 0.1) is 26.0 Å². The standard InChI is InChI=1S/C9H9FN4O5/c10-5-1-4(2-6(11)9(12)15)7(13(16)17)3-8(5)14(18)19/h1,3,6H,2,11H2,(H2,12,15)/t6-/m0/s1. The van der Waals surface area contributed by atoms with Gasteiger partial charge in [-0.15, -0.1) is 0 Å². The number of hydrogen-bond acceptors (Lipinski definition) is 6. The van der Waals surface area contributed by atoms with Crippen LogP contribution in [0.25, 0.3) is 0 Å². The summed E-state index contributed by atoms with van der Waals surface area (Å²) in [5.74, 6) is -2.17. The van der Waals surface area contributed by atoms with Crippen molar-refractivity contribution in [2.75, 3.05) is 0 Å². The molecule has 1 atom stereocenters. The normalized spacial score (nSPS) is 11.9. The molecule has 0 aromatic heterocycles. The number of hydrogen-bond donors (Lipinski definition) is 2. The first-order valence-electron chi connectivity index (χ1n) is 4.90. The molecule has 1 amide bonds. The van der Waals surface area contributed by atoms with Gasteiger partial charge in [0, 0.05) is 12.0 Å². The Bertz CT molecular complexity index is 562. The lowest BCUT2D eigenvalue weighted by atomic mass is 10.0. The molecule has 0 bridgehead atoms. The van der Waals surface area contributed by atoms with E-state index in [1.165, 1.54) is 0 Å². The maximum atomic E-state index is 13.4.